The second-order valence-electron chi connectivity index (χ2n) is 9.65. The summed E-state index contributed by atoms with van der Waals surface area (Å²) in [6.45, 7) is 22.4. The first-order chi connectivity index (χ1) is 9.43. The standard InChI is InChI=1S/C20H43N/c1-10-17(3)16-21-20(11-2,14-12-18(4,5)6)15-13-19(7,8)9/h17,21H,10-16H2,1-9H3. The van der Waals surface area contributed by atoms with Gasteiger partial charge < -0.3 is 5.32 Å². The predicted octanol–water partition coefficient (Wildman–Crippen LogP) is 6.42. The minimum atomic E-state index is 0.337. The molecule has 0 fully saturated rings. The summed E-state index contributed by atoms with van der Waals surface area (Å²) in [5.41, 5.74) is 1.20. The van der Waals surface area contributed by atoms with Crippen LogP contribution in [0.4, 0.5) is 0 Å². The molecule has 0 amide bonds. The zero-order chi connectivity index (χ0) is 16.7. The maximum atomic E-state index is 3.98. The Kier molecular flexibility index (Phi) is 8.54. The Bertz CT molecular complexity index is 249. The SMILES string of the molecule is CCC(C)CNC(CC)(CCC(C)(C)C)CCC(C)(C)C. The van der Waals surface area contributed by atoms with Gasteiger partial charge in [-0.1, -0.05) is 68.7 Å². The zero-order valence-corrected chi connectivity index (χ0v) is 16.5. The Balaban J connectivity index is 4.82. The van der Waals surface area contributed by atoms with Crippen molar-refractivity contribution in [3.8, 4) is 0 Å². The highest BCUT2D eigenvalue weighted by atomic mass is 15.0. The van der Waals surface area contributed by atoms with E-state index in [-0.39, 0.29) is 0 Å². The van der Waals surface area contributed by atoms with E-state index >= 15 is 0 Å². The van der Waals surface area contributed by atoms with Crippen molar-refractivity contribution in [2.24, 2.45) is 16.7 Å². The van der Waals surface area contributed by atoms with Gasteiger partial charge >= 0.3 is 0 Å². The molecule has 0 bridgehead atoms. The normalized spacial score (nSPS) is 15.3. The molecule has 0 heterocycles. The molecule has 0 saturated heterocycles. The number of nitrogens with one attached hydrogen (secondary N) is 1. The molecule has 1 atom stereocenters. The molecule has 0 aromatic carbocycles. The first-order valence-electron chi connectivity index (χ1n) is 9.18. The van der Waals surface area contributed by atoms with Crippen LogP contribution in [0.2, 0.25) is 0 Å². The van der Waals surface area contributed by atoms with Gasteiger partial charge in [-0.25, -0.2) is 0 Å². The maximum Gasteiger partial charge on any atom is 0.0179 e. The van der Waals surface area contributed by atoms with Crippen LogP contribution in [0.5, 0.6) is 0 Å². The van der Waals surface area contributed by atoms with Gasteiger partial charge in [0.1, 0.15) is 0 Å². The van der Waals surface area contributed by atoms with Crippen LogP contribution in [-0.2, 0) is 0 Å². The van der Waals surface area contributed by atoms with Gasteiger partial charge in [0.05, 0.1) is 0 Å². The van der Waals surface area contributed by atoms with E-state index in [9.17, 15) is 0 Å². The largest absolute Gasteiger partial charge is 0.311 e. The number of hydrogen-bond acceptors (Lipinski definition) is 1. The average molecular weight is 298 g/mol. The molecule has 0 aliphatic heterocycles. The lowest BCUT2D eigenvalue weighted by Crippen LogP contribution is -2.47. The van der Waals surface area contributed by atoms with Crippen LogP contribution < -0.4 is 5.32 Å². The van der Waals surface area contributed by atoms with Gasteiger partial charge in [-0.3, -0.25) is 0 Å². The highest BCUT2D eigenvalue weighted by molar-refractivity contribution is 4.90. The van der Waals surface area contributed by atoms with Gasteiger partial charge in [-0.05, 0) is 55.4 Å². The van der Waals surface area contributed by atoms with E-state index in [0.29, 0.717) is 16.4 Å². The van der Waals surface area contributed by atoms with Crippen molar-refractivity contribution in [1.82, 2.24) is 5.32 Å². The third kappa shape index (κ3) is 10.3. The topological polar surface area (TPSA) is 12.0 Å². The lowest BCUT2D eigenvalue weighted by molar-refractivity contribution is 0.189. The highest BCUT2D eigenvalue weighted by Gasteiger charge is 2.30. The van der Waals surface area contributed by atoms with Gasteiger partial charge in [0.15, 0.2) is 0 Å². The van der Waals surface area contributed by atoms with Crippen LogP contribution in [0.15, 0.2) is 0 Å². The fourth-order valence-electron chi connectivity index (χ4n) is 2.54. The van der Waals surface area contributed by atoms with Crippen molar-refractivity contribution in [2.75, 3.05) is 6.54 Å². The van der Waals surface area contributed by atoms with Crippen molar-refractivity contribution >= 4 is 0 Å². The molecule has 0 radical (unpaired) electrons. The average Bonchev–Trinajstić information content (AvgIpc) is 2.36. The molecule has 0 aliphatic carbocycles. The predicted molar refractivity (Wildman–Crippen MR) is 97.9 cm³/mol. The van der Waals surface area contributed by atoms with Crippen LogP contribution >= 0.6 is 0 Å². The molecular weight excluding hydrogens is 254 g/mol. The zero-order valence-electron chi connectivity index (χ0n) is 16.5. The maximum absolute atomic E-state index is 3.98. The van der Waals surface area contributed by atoms with E-state index in [4.69, 9.17) is 0 Å². The Morgan fingerprint density at radius 3 is 1.48 bits per heavy atom. The van der Waals surface area contributed by atoms with Crippen LogP contribution in [0.25, 0.3) is 0 Å². The van der Waals surface area contributed by atoms with Crippen molar-refractivity contribution < 1.29 is 0 Å². The molecule has 0 aromatic heterocycles. The number of rotatable bonds is 9. The first kappa shape index (κ1) is 21.0. The first-order valence-corrected chi connectivity index (χ1v) is 9.18. The summed E-state index contributed by atoms with van der Waals surface area (Å²) < 4.78 is 0. The van der Waals surface area contributed by atoms with Crippen molar-refractivity contribution in [2.45, 2.75) is 106 Å². The van der Waals surface area contributed by atoms with Gasteiger partial charge in [0.25, 0.3) is 0 Å². The number of hydrogen-bond donors (Lipinski definition) is 1. The fourth-order valence-corrected chi connectivity index (χ4v) is 2.54. The summed E-state index contributed by atoms with van der Waals surface area (Å²) in [6, 6.07) is 0. The Hall–Kier alpha value is -0.0400. The lowest BCUT2D eigenvalue weighted by Gasteiger charge is -2.39. The van der Waals surface area contributed by atoms with E-state index in [1.54, 1.807) is 0 Å². The van der Waals surface area contributed by atoms with Gasteiger partial charge in [0.2, 0.25) is 0 Å². The monoisotopic (exact) mass is 297 g/mol. The molecule has 1 N–H and O–H groups in total. The minimum Gasteiger partial charge on any atom is -0.311 e. The van der Waals surface area contributed by atoms with E-state index in [1.807, 2.05) is 0 Å². The molecular formula is C20H43N. The minimum absolute atomic E-state index is 0.337. The summed E-state index contributed by atoms with van der Waals surface area (Å²) in [6.07, 6.45) is 7.73. The van der Waals surface area contributed by atoms with E-state index in [0.717, 1.165) is 5.92 Å². The molecule has 128 valence electrons. The Morgan fingerprint density at radius 1 is 0.762 bits per heavy atom. The lowest BCUT2D eigenvalue weighted by atomic mass is 9.76. The third-order valence-electron chi connectivity index (χ3n) is 4.91. The van der Waals surface area contributed by atoms with Crippen molar-refractivity contribution in [1.29, 1.82) is 0 Å². The molecule has 0 aliphatic rings. The van der Waals surface area contributed by atoms with Crippen LogP contribution in [0, 0.1) is 16.7 Å². The molecule has 21 heavy (non-hydrogen) atoms. The molecule has 0 rings (SSSR count). The van der Waals surface area contributed by atoms with Crippen molar-refractivity contribution in [3.05, 3.63) is 0 Å². The van der Waals surface area contributed by atoms with Crippen molar-refractivity contribution in [3.63, 3.8) is 0 Å². The summed E-state index contributed by atoms with van der Waals surface area (Å²) >= 11 is 0. The summed E-state index contributed by atoms with van der Waals surface area (Å²) in [4.78, 5) is 0. The smallest absolute Gasteiger partial charge is 0.0179 e. The second kappa shape index (κ2) is 8.56. The molecule has 0 spiro atoms. The fraction of sp³-hybridized carbons (Fsp3) is 1.00. The summed E-state index contributed by atoms with van der Waals surface area (Å²) in [5, 5.41) is 3.98. The van der Waals surface area contributed by atoms with Crippen LogP contribution in [0.3, 0.4) is 0 Å². The van der Waals surface area contributed by atoms with E-state index in [1.165, 1.54) is 45.1 Å². The molecule has 1 heteroatoms. The van der Waals surface area contributed by atoms with Crippen LogP contribution in [-0.4, -0.2) is 12.1 Å². The summed E-state index contributed by atoms with van der Waals surface area (Å²) in [5.74, 6) is 0.778. The quantitative estimate of drug-likeness (QED) is 0.517. The van der Waals surface area contributed by atoms with Crippen LogP contribution in [0.1, 0.15) is 101 Å². The van der Waals surface area contributed by atoms with E-state index < -0.39 is 0 Å². The molecule has 1 nitrogen and oxygen atoms in total. The van der Waals surface area contributed by atoms with Gasteiger partial charge in [-0.15, -0.1) is 0 Å². The van der Waals surface area contributed by atoms with Gasteiger partial charge in [0, 0.05) is 5.54 Å². The molecule has 1 unspecified atom stereocenters. The second-order valence-corrected chi connectivity index (χ2v) is 9.65. The van der Waals surface area contributed by atoms with Gasteiger partial charge in [-0.2, -0.15) is 0 Å². The third-order valence-corrected chi connectivity index (χ3v) is 4.91. The van der Waals surface area contributed by atoms with E-state index in [2.05, 4.69) is 67.6 Å². The highest BCUT2D eigenvalue weighted by Crippen LogP contribution is 2.34. The summed E-state index contributed by atoms with van der Waals surface area (Å²) in [7, 11) is 0. The molecule has 0 saturated carbocycles. The Morgan fingerprint density at radius 2 is 1.19 bits per heavy atom. The molecule has 0 aromatic rings. The Labute approximate surface area is 135 Å².